The molecule has 0 aromatic carbocycles. The van der Waals surface area contributed by atoms with Crippen molar-refractivity contribution in [2.24, 2.45) is 5.92 Å². The molecule has 4 nitrogen and oxygen atoms in total. The summed E-state index contributed by atoms with van der Waals surface area (Å²) in [5.74, 6) is -0.645. The van der Waals surface area contributed by atoms with Gasteiger partial charge in [-0.1, -0.05) is 12.8 Å². The van der Waals surface area contributed by atoms with Gasteiger partial charge in [0, 0.05) is 6.92 Å². The summed E-state index contributed by atoms with van der Waals surface area (Å²) in [5, 5.41) is 0. The molecule has 0 saturated heterocycles. The third-order valence-electron chi connectivity index (χ3n) is 2.15. The Morgan fingerprint density at radius 1 is 1.23 bits per heavy atom. The maximum Gasteiger partial charge on any atom is 0.311 e. The van der Waals surface area contributed by atoms with Gasteiger partial charge in [0.15, 0.2) is 0 Å². The highest BCUT2D eigenvalue weighted by Crippen LogP contribution is 2.25. The highest BCUT2D eigenvalue weighted by atomic mass is 16.7. The van der Waals surface area contributed by atoms with E-state index in [2.05, 4.69) is 4.74 Å². The topological polar surface area (TPSA) is 52.6 Å². The first-order valence-corrected chi connectivity index (χ1v) is 4.50. The van der Waals surface area contributed by atoms with Gasteiger partial charge in [-0.05, 0) is 12.8 Å². The van der Waals surface area contributed by atoms with Gasteiger partial charge in [-0.3, -0.25) is 9.59 Å². The van der Waals surface area contributed by atoms with E-state index in [0.717, 1.165) is 25.7 Å². The molecule has 0 atom stereocenters. The van der Waals surface area contributed by atoms with Crippen molar-refractivity contribution in [3.05, 3.63) is 0 Å². The van der Waals surface area contributed by atoms with Crippen LogP contribution in [0.4, 0.5) is 0 Å². The number of ether oxygens (including phenoxy) is 2. The minimum atomic E-state index is -0.431. The zero-order valence-corrected chi connectivity index (χ0v) is 7.75. The average Bonchev–Trinajstić information content (AvgIpc) is 2.55. The lowest BCUT2D eigenvalue weighted by atomic mass is 10.1. The summed E-state index contributed by atoms with van der Waals surface area (Å²) < 4.78 is 9.24. The molecule has 1 rings (SSSR count). The van der Waals surface area contributed by atoms with Crippen molar-refractivity contribution in [1.29, 1.82) is 0 Å². The predicted molar refractivity (Wildman–Crippen MR) is 44.7 cm³/mol. The highest BCUT2D eigenvalue weighted by molar-refractivity contribution is 5.72. The third kappa shape index (κ3) is 3.44. The molecule has 0 spiro atoms. The van der Waals surface area contributed by atoms with E-state index in [4.69, 9.17) is 4.74 Å². The minimum absolute atomic E-state index is 0.0237. The summed E-state index contributed by atoms with van der Waals surface area (Å²) in [6.45, 7) is 1.04. The minimum Gasteiger partial charge on any atom is -0.428 e. The van der Waals surface area contributed by atoms with Gasteiger partial charge in [0.25, 0.3) is 0 Å². The fourth-order valence-electron chi connectivity index (χ4n) is 1.45. The van der Waals surface area contributed by atoms with Crippen molar-refractivity contribution < 1.29 is 19.1 Å². The molecular weight excluding hydrogens is 172 g/mol. The molecule has 74 valence electrons. The Balaban J connectivity index is 2.13. The van der Waals surface area contributed by atoms with Crippen LogP contribution in [0.5, 0.6) is 0 Å². The van der Waals surface area contributed by atoms with E-state index in [-0.39, 0.29) is 18.7 Å². The largest absolute Gasteiger partial charge is 0.428 e. The quantitative estimate of drug-likeness (QED) is 0.491. The Morgan fingerprint density at radius 2 is 1.85 bits per heavy atom. The summed E-state index contributed by atoms with van der Waals surface area (Å²) in [5.41, 5.74) is 0. The van der Waals surface area contributed by atoms with Crippen LogP contribution in [0, 0.1) is 5.92 Å². The maximum atomic E-state index is 11.2. The first kappa shape index (κ1) is 10.0. The van der Waals surface area contributed by atoms with Crippen LogP contribution < -0.4 is 0 Å². The summed E-state index contributed by atoms with van der Waals surface area (Å²) in [6, 6.07) is 0. The van der Waals surface area contributed by atoms with Gasteiger partial charge < -0.3 is 9.47 Å². The lowest BCUT2D eigenvalue weighted by molar-refractivity contribution is -0.168. The van der Waals surface area contributed by atoms with Crippen molar-refractivity contribution >= 4 is 11.9 Å². The van der Waals surface area contributed by atoms with Crippen LogP contribution in [0.25, 0.3) is 0 Å². The first-order valence-electron chi connectivity index (χ1n) is 4.50. The van der Waals surface area contributed by atoms with E-state index >= 15 is 0 Å². The zero-order chi connectivity index (χ0) is 9.68. The molecule has 0 bridgehead atoms. The Labute approximate surface area is 77.2 Å². The smallest absolute Gasteiger partial charge is 0.311 e. The van der Waals surface area contributed by atoms with Crippen LogP contribution in [-0.2, 0) is 19.1 Å². The molecule has 1 aliphatic carbocycles. The summed E-state index contributed by atoms with van der Waals surface area (Å²) in [4.78, 5) is 21.5. The lowest BCUT2D eigenvalue weighted by Crippen LogP contribution is -2.17. The molecule has 0 radical (unpaired) electrons. The Kier molecular flexibility index (Phi) is 3.73. The van der Waals surface area contributed by atoms with E-state index in [0.29, 0.717) is 0 Å². The normalized spacial score (nSPS) is 17.0. The molecule has 0 aromatic rings. The van der Waals surface area contributed by atoms with Crippen molar-refractivity contribution in [2.75, 3.05) is 6.79 Å². The molecule has 4 heteroatoms. The van der Waals surface area contributed by atoms with Crippen LogP contribution >= 0.6 is 0 Å². The molecule has 0 aromatic heterocycles. The van der Waals surface area contributed by atoms with E-state index in [1.54, 1.807) is 0 Å². The molecular formula is C9H14O4. The van der Waals surface area contributed by atoms with Crippen LogP contribution in [0.2, 0.25) is 0 Å². The van der Waals surface area contributed by atoms with Gasteiger partial charge in [-0.25, -0.2) is 0 Å². The van der Waals surface area contributed by atoms with Crippen LogP contribution in [0.15, 0.2) is 0 Å². The van der Waals surface area contributed by atoms with E-state index in [1.165, 1.54) is 6.92 Å². The van der Waals surface area contributed by atoms with Crippen molar-refractivity contribution in [1.82, 2.24) is 0 Å². The molecule has 0 N–H and O–H groups in total. The number of carbonyl (C=O) groups excluding carboxylic acids is 2. The van der Waals surface area contributed by atoms with Crippen molar-refractivity contribution in [3.8, 4) is 0 Å². The maximum absolute atomic E-state index is 11.2. The van der Waals surface area contributed by atoms with Gasteiger partial charge in [0.2, 0.25) is 6.79 Å². The summed E-state index contributed by atoms with van der Waals surface area (Å²) >= 11 is 0. The lowest BCUT2D eigenvalue weighted by Gasteiger charge is -2.08. The van der Waals surface area contributed by atoms with Crippen molar-refractivity contribution in [2.45, 2.75) is 32.6 Å². The average molecular weight is 186 g/mol. The third-order valence-corrected chi connectivity index (χ3v) is 2.15. The molecule has 1 fully saturated rings. The second kappa shape index (κ2) is 4.84. The fraction of sp³-hybridized carbons (Fsp3) is 0.778. The van der Waals surface area contributed by atoms with Gasteiger partial charge in [-0.15, -0.1) is 0 Å². The second-order valence-electron chi connectivity index (χ2n) is 3.20. The zero-order valence-electron chi connectivity index (χ0n) is 7.75. The SMILES string of the molecule is CC(=O)OCOC(=O)C1CCCC1. The molecule has 0 heterocycles. The van der Waals surface area contributed by atoms with Gasteiger partial charge >= 0.3 is 11.9 Å². The molecule has 0 aliphatic heterocycles. The molecule has 1 saturated carbocycles. The highest BCUT2D eigenvalue weighted by Gasteiger charge is 2.23. The van der Waals surface area contributed by atoms with Crippen molar-refractivity contribution in [3.63, 3.8) is 0 Å². The van der Waals surface area contributed by atoms with Gasteiger partial charge in [0.1, 0.15) is 0 Å². The Morgan fingerprint density at radius 3 is 2.38 bits per heavy atom. The van der Waals surface area contributed by atoms with Crippen LogP contribution in [0.3, 0.4) is 0 Å². The fourth-order valence-corrected chi connectivity index (χ4v) is 1.45. The monoisotopic (exact) mass is 186 g/mol. The Bertz CT molecular complexity index is 194. The van der Waals surface area contributed by atoms with Gasteiger partial charge in [-0.2, -0.15) is 0 Å². The summed E-state index contributed by atoms with van der Waals surface area (Å²) in [7, 11) is 0. The molecule has 0 unspecified atom stereocenters. The second-order valence-corrected chi connectivity index (χ2v) is 3.20. The first-order chi connectivity index (χ1) is 6.20. The number of hydrogen-bond donors (Lipinski definition) is 0. The van der Waals surface area contributed by atoms with Crippen LogP contribution in [-0.4, -0.2) is 18.7 Å². The van der Waals surface area contributed by atoms with E-state index < -0.39 is 5.97 Å². The van der Waals surface area contributed by atoms with Crippen LogP contribution in [0.1, 0.15) is 32.6 Å². The predicted octanol–water partition coefficient (Wildman–Crippen LogP) is 1.24. The van der Waals surface area contributed by atoms with Gasteiger partial charge in [0.05, 0.1) is 5.92 Å². The Hall–Kier alpha value is -1.06. The molecule has 13 heavy (non-hydrogen) atoms. The van der Waals surface area contributed by atoms with E-state index in [9.17, 15) is 9.59 Å². The molecule has 0 amide bonds. The standard InChI is InChI=1S/C9H14O4/c1-7(10)12-6-13-9(11)8-4-2-3-5-8/h8H,2-6H2,1H3. The number of carbonyl (C=O) groups is 2. The molecule has 1 aliphatic rings. The summed E-state index contributed by atoms with van der Waals surface area (Å²) in [6.07, 6.45) is 3.98. The van der Waals surface area contributed by atoms with E-state index in [1.807, 2.05) is 0 Å². The number of hydrogen-bond acceptors (Lipinski definition) is 4. The number of esters is 2. The number of rotatable bonds is 3.